The summed E-state index contributed by atoms with van der Waals surface area (Å²) in [6, 6.07) is 8.59. The highest BCUT2D eigenvalue weighted by Crippen LogP contribution is 2.29. The van der Waals surface area contributed by atoms with Gasteiger partial charge >= 0.3 is 0 Å². The van der Waals surface area contributed by atoms with E-state index in [9.17, 15) is 4.79 Å². The fourth-order valence-electron chi connectivity index (χ4n) is 2.31. The first kappa shape index (κ1) is 11.1. The number of benzene rings is 1. The predicted octanol–water partition coefficient (Wildman–Crippen LogP) is 1.40. The number of nitrogens with one attached hydrogen (secondary N) is 2. The van der Waals surface area contributed by atoms with Crippen LogP contribution < -0.4 is 10.6 Å². The number of rotatable bonds is 3. The fourth-order valence-corrected chi connectivity index (χ4v) is 2.31. The molecule has 1 aliphatic rings. The van der Waals surface area contributed by atoms with Crippen LogP contribution >= 0.6 is 0 Å². The van der Waals surface area contributed by atoms with Gasteiger partial charge in [0.1, 0.15) is 0 Å². The number of carbonyl (C=O) groups is 1. The van der Waals surface area contributed by atoms with Gasteiger partial charge in [-0.2, -0.15) is 0 Å². The highest BCUT2D eigenvalue weighted by molar-refractivity contribution is 5.78. The van der Waals surface area contributed by atoms with E-state index in [4.69, 9.17) is 0 Å². The van der Waals surface area contributed by atoms with Crippen LogP contribution in [0.4, 0.5) is 0 Å². The molecule has 3 nitrogen and oxygen atoms in total. The second kappa shape index (κ2) is 5.12. The van der Waals surface area contributed by atoms with Crippen molar-refractivity contribution >= 4 is 5.91 Å². The minimum Gasteiger partial charge on any atom is -0.348 e. The van der Waals surface area contributed by atoms with Gasteiger partial charge in [-0.25, -0.2) is 0 Å². The molecule has 1 amide bonds. The van der Waals surface area contributed by atoms with E-state index < -0.39 is 0 Å². The van der Waals surface area contributed by atoms with Crippen molar-refractivity contribution in [3.05, 3.63) is 35.4 Å². The molecule has 1 unspecified atom stereocenters. The molecule has 0 bridgehead atoms. The fraction of sp³-hybridized carbons (Fsp3) is 0.462. The first-order chi connectivity index (χ1) is 7.81. The monoisotopic (exact) mass is 218 g/mol. The number of carbonyl (C=O) groups excluding carboxylic acids is 1. The zero-order valence-electron chi connectivity index (χ0n) is 9.62. The maximum Gasteiger partial charge on any atom is 0.234 e. The third-order valence-corrected chi connectivity index (χ3v) is 3.04. The van der Waals surface area contributed by atoms with Crippen LogP contribution in [-0.4, -0.2) is 19.5 Å². The summed E-state index contributed by atoms with van der Waals surface area (Å²) in [7, 11) is 1.79. The smallest absolute Gasteiger partial charge is 0.234 e. The molecule has 0 aromatic heterocycles. The molecule has 3 heteroatoms. The third kappa shape index (κ3) is 2.42. The quantitative estimate of drug-likeness (QED) is 0.805. The van der Waals surface area contributed by atoms with Gasteiger partial charge in [-0.1, -0.05) is 24.3 Å². The molecule has 2 rings (SSSR count). The van der Waals surface area contributed by atoms with E-state index in [0.29, 0.717) is 6.54 Å². The number of likely N-dealkylation sites (N-methyl/N-ethyl adjacent to an activating group) is 1. The van der Waals surface area contributed by atoms with Gasteiger partial charge in [0.25, 0.3) is 0 Å². The largest absolute Gasteiger partial charge is 0.348 e. The zero-order chi connectivity index (χ0) is 11.4. The van der Waals surface area contributed by atoms with Crippen molar-refractivity contribution in [1.29, 1.82) is 0 Å². The van der Waals surface area contributed by atoms with E-state index in [-0.39, 0.29) is 11.9 Å². The SMILES string of the molecule is CNCC(=O)NC1CCCc2ccccc21. The average Bonchev–Trinajstić information content (AvgIpc) is 2.30. The van der Waals surface area contributed by atoms with Crippen molar-refractivity contribution in [2.24, 2.45) is 0 Å². The Hall–Kier alpha value is -1.35. The standard InChI is InChI=1S/C13H18N2O/c1-14-9-13(16)15-12-8-4-6-10-5-2-3-7-11(10)12/h2-3,5,7,12,14H,4,6,8-9H2,1H3,(H,15,16). The molecule has 0 spiro atoms. The summed E-state index contributed by atoms with van der Waals surface area (Å²) in [6.45, 7) is 0.388. The molecule has 2 N–H and O–H groups in total. The second-order valence-corrected chi connectivity index (χ2v) is 4.24. The van der Waals surface area contributed by atoms with Gasteiger partial charge in [-0.3, -0.25) is 4.79 Å². The van der Waals surface area contributed by atoms with Crippen LogP contribution in [0.2, 0.25) is 0 Å². The van der Waals surface area contributed by atoms with E-state index in [2.05, 4.69) is 28.8 Å². The number of aryl methyl sites for hydroxylation is 1. The maximum atomic E-state index is 11.5. The lowest BCUT2D eigenvalue weighted by Crippen LogP contribution is -2.36. The zero-order valence-corrected chi connectivity index (χ0v) is 9.62. The lowest BCUT2D eigenvalue weighted by Gasteiger charge is -2.26. The highest BCUT2D eigenvalue weighted by Gasteiger charge is 2.20. The molecule has 86 valence electrons. The summed E-state index contributed by atoms with van der Waals surface area (Å²) in [5.41, 5.74) is 2.67. The van der Waals surface area contributed by atoms with Gasteiger partial charge in [0.05, 0.1) is 12.6 Å². The number of hydrogen-bond donors (Lipinski definition) is 2. The van der Waals surface area contributed by atoms with Gasteiger partial charge in [0.2, 0.25) is 5.91 Å². The molecule has 0 saturated heterocycles. The molecular formula is C13H18N2O. The summed E-state index contributed by atoms with van der Waals surface area (Å²) < 4.78 is 0. The van der Waals surface area contributed by atoms with Gasteiger partial charge in [0.15, 0.2) is 0 Å². The average molecular weight is 218 g/mol. The number of fused-ring (bicyclic) bond motifs is 1. The van der Waals surface area contributed by atoms with Gasteiger partial charge in [-0.05, 0) is 37.4 Å². The van der Waals surface area contributed by atoms with Crippen molar-refractivity contribution in [2.45, 2.75) is 25.3 Å². The van der Waals surface area contributed by atoms with Crippen LogP contribution in [0.15, 0.2) is 24.3 Å². The normalized spacial score (nSPS) is 18.9. The molecule has 0 fully saturated rings. The molecular weight excluding hydrogens is 200 g/mol. The summed E-state index contributed by atoms with van der Waals surface area (Å²) in [4.78, 5) is 11.5. The minimum absolute atomic E-state index is 0.0733. The topological polar surface area (TPSA) is 41.1 Å². The molecule has 1 atom stereocenters. The Kier molecular flexibility index (Phi) is 3.57. The van der Waals surface area contributed by atoms with E-state index in [0.717, 1.165) is 19.3 Å². The minimum atomic E-state index is 0.0733. The third-order valence-electron chi connectivity index (χ3n) is 3.04. The van der Waals surface area contributed by atoms with Crippen molar-refractivity contribution in [1.82, 2.24) is 10.6 Å². The Morgan fingerprint density at radius 1 is 1.44 bits per heavy atom. The van der Waals surface area contributed by atoms with Crippen LogP contribution in [-0.2, 0) is 11.2 Å². The van der Waals surface area contributed by atoms with Crippen molar-refractivity contribution in [3.63, 3.8) is 0 Å². The summed E-state index contributed by atoms with van der Waals surface area (Å²) in [5.74, 6) is 0.0733. The van der Waals surface area contributed by atoms with Crippen molar-refractivity contribution in [3.8, 4) is 0 Å². The van der Waals surface area contributed by atoms with Gasteiger partial charge < -0.3 is 10.6 Å². The van der Waals surface area contributed by atoms with Crippen molar-refractivity contribution in [2.75, 3.05) is 13.6 Å². The highest BCUT2D eigenvalue weighted by atomic mass is 16.1. The van der Waals surface area contributed by atoms with Gasteiger partial charge in [-0.15, -0.1) is 0 Å². The van der Waals surface area contributed by atoms with Crippen molar-refractivity contribution < 1.29 is 4.79 Å². The molecule has 0 heterocycles. The summed E-state index contributed by atoms with van der Waals surface area (Å²) in [5, 5.41) is 5.94. The molecule has 0 aliphatic heterocycles. The summed E-state index contributed by atoms with van der Waals surface area (Å²) in [6.07, 6.45) is 3.34. The van der Waals surface area contributed by atoms with Gasteiger partial charge in [0, 0.05) is 0 Å². The summed E-state index contributed by atoms with van der Waals surface area (Å²) >= 11 is 0. The van der Waals surface area contributed by atoms with Crippen LogP contribution in [0.25, 0.3) is 0 Å². The first-order valence-electron chi connectivity index (χ1n) is 5.83. The Morgan fingerprint density at radius 2 is 2.25 bits per heavy atom. The lowest BCUT2D eigenvalue weighted by molar-refractivity contribution is -0.121. The second-order valence-electron chi connectivity index (χ2n) is 4.24. The Bertz CT molecular complexity index is 376. The number of hydrogen-bond acceptors (Lipinski definition) is 2. The number of amides is 1. The van der Waals surface area contributed by atoms with E-state index in [1.54, 1.807) is 7.05 Å². The van der Waals surface area contributed by atoms with Crippen LogP contribution in [0.5, 0.6) is 0 Å². The molecule has 1 aromatic rings. The Labute approximate surface area is 96.2 Å². The Morgan fingerprint density at radius 3 is 3.06 bits per heavy atom. The maximum absolute atomic E-state index is 11.5. The van der Waals surface area contributed by atoms with Crippen LogP contribution in [0.3, 0.4) is 0 Å². The first-order valence-corrected chi connectivity index (χ1v) is 5.83. The predicted molar refractivity (Wildman–Crippen MR) is 64.2 cm³/mol. The Balaban J connectivity index is 2.10. The van der Waals surface area contributed by atoms with E-state index in [1.165, 1.54) is 11.1 Å². The van der Waals surface area contributed by atoms with E-state index in [1.807, 2.05) is 6.07 Å². The van der Waals surface area contributed by atoms with Crippen LogP contribution in [0.1, 0.15) is 30.0 Å². The lowest BCUT2D eigenvalue weighted by atomic mass is 9.88. The molecule has 16 heavy (non-hydrogen) atoms. The molecule has 1 aromatic carbocycles. The molecule has 1 aliphatic carbocycles. The molecule has 0 radical (unpaired) electrons. The van der Waals surface area contributed by atoms with E-state index >= 15 is 0 Å². The molecule has 0 saturated carbocycles. The van der Waals surface area contributed by atoms with Crippen LogP contribution in [0, 0.1) is 0 Å².